The molecule has 0 aliphatic heterocycles. The van der Waals surface area contributed by atoms with Crippen molar-refractivity contribution in [3.8, 4) is 11.3 Å². The molecule has 0 saturated carbocycles. The van der Waals surface area contributed by atoms with Crippen molar-refractivity contribution in [2.45, 2.75) is 0 Å². The second kappa shape index (κ2) is 3.40. The van der Waals surface area contributed by atoms with Crippen LogP contribution in [0.4, 0.5) is 0 Å². The fourth-order valence-corrected chi connectivity index (χ4v) is 1.65. The number of benzene rings is 1. The van der Waals surface area contributed by atoms with Gasteiger partial charge in [-0.05, 0) is 24.3 Å². The highest BCUT2D eigenvalue weighted by Gasteiger charge is 2.01. The Morgan fingerprint density at radius 1 is 1.08 bits per heavy atom. The highest BCUT2D eigenvalue weighted by molar-refractivity contribution is 6.35. The van der Waals surface area contributed by atoms with Gasteiger partial charge in [0.2, 0.25) is 0 Å². The summed E-state index contributed by atoms with van der Waals surface area (Å²) in [7, 11) is 0. The Kier molecular flexibility index (Phi) is 2.25. The summed E-state index contributed by atoms with van der Waals surface area (Å²) >= 11 is 11.7. The normalized spacial score (nSPS) is 10.3. The highest BCUT2D eigenvalue weighted by atomic mass is 35.5. The van der Waals surface area contributed by atoms with Crippen LogP contribution in [0.1, 0.15) is 0 Å². The molecule has 13 heavy (non-hydrogen) atoms. The standard InChI is InChI=1S/C9H6Cl2N2/c10-7-3-6(4-8(11)5-7)9-1-2-12-13-9/h1-5H,(H,12,13). The van der Waals surface area contributed by atoms with Gasteiger partial charge >= 0.3 is 0 Å². The maximum atomic E-state index is 5.85. The van der Waals surface area contributed by atoms with E-state index in [9.17, 15) is 0 Å². The van der Waals surface area contributed by atoms with Gasteiger partial charge in [-0.3, -0.25) is 5.10 Å². The molecule has 0 amide bonds. The molecule has 0 aliphatic rings. The summed E-state index contributed by atoms with van der Waals surface area (Å²) in [6.07, 6.45) is 1.68. The van der Waals surface area contributed by atoms with Gasteiger partial charge in [-0.2, -0.15) is 5.10 Å². The first kappa shape index (κ1) is 8.60. The van der Waals surface area contributed by atoms with E-state index in [0.29, 0.717) is 10.0 Å². The van der Waals surface area contributed by atoms with E-state index in [0.717, 1.165) is 11.3 Å². The lowest BCUT2D eigenvalue weighted by Crippen LogP contribution is -1.78. The zero-order valence-electron chi connectivity index (χ0n) is 6.59. The third-order valence-electron chi connectivity index (χ3n) is 1.67. The Bertz CT molecular complexity index is 389. The average molecular weight is 213 g/mol. The van der Waals surface area contributed by atoms with Crippen molar-refractivity contribution in [2.75, 3.05) is 0 Å². The zero-order chi connectivity index (χ0) is 9.26. The van der Waals surface area contributed by atoms with E-state index < -0.39 is 0 Å². The Balaban J connectivity index is 2.53. The molecule has 0 radical (unpaired) electrons. The first-order valence-corrected chi connectivity index (χ1v) is 4.47. The Labute approximate surface area is 85.5 Å². The topological polar surface area (TPSA) is 28.7 Å². The number of aromatic amines is 1. The highest BCUT2D eigenvalue weighted by Crippen LogP contribution is 2.25. The Morgan fingerprint density at radius 3 is 2.31 bits per heavy atom. The summed E-state index contributed by atoms with van der Waals surface area (Å²) in [4.78, 5) is 0. The molecular weight excluding hydrogens is 207 g/mol. The third-order valence-corrected chi connectivity index (χ3v) is 2.11. The molecule has 0 atom stereocenters. The van der Waals surface area contributed by atoms with Crippen LogP contribution in [-0.4, -0.2) is 10.2 Å². The number of aromatic nitrogens is 2. The molecule has 0 fully saturated rings. The van der Waals surface area contributed by atoms with E-state index in [1.54, 1.807) is 12.3 Å². The summed E-state index contributed by atoms with van der Waals surface area (Å²) in [5.41, 5.74) is 1.85. The minimum Gasteiger partial charge on any atom is -0.278 e. The summed E-state index contributed by atoms with van der Waals surface area (Å²) in [5.74, 6) is 0. The number of hydrogen-bond acceptors (Lipinski definition) is 1. The smallest absolute Gasteiger partial charge is 0.0651 e. The fraction of sp³-hybridized carbons (Fsp3) is 0. The van der Waals surface area contributed by atoms with Crippen molar-refractivity contribution in [1.29, 1.82) is 0 Å². The number of nitrogens with zero attached hydrogens (tertiary/aromatic N) is 1. The molecule has 1 aromatic heterocycles. The second-order valence-electron chi connectivity index (χ2n) is 2.63. The quantitative estimate of drug-likeness (QED) is 0.772. The summed E-state index contributed by atoms with van der Waals surface area (Å²) in [6, 6.07) is 7.23. The lowest BCUT2D eigenvalue weighted by Gasteiger charge is -1.99. The summed E-state index contributed by atoms with van der Waals surface area (Å²) in [6.45, 7) is 0. The maximum Gasteiger partial charge on any atom is 0.0651 e. The molecule has 0 aliphatic carbocycles. The molecule has 1 heterocycles. The molecular formula is C9H6Cl2N2. The molecule has 1 aromatic carbocycles. The summed E-state index contributed by atoms with van der Waals surface area (Å²) in [5, 5.41) is 7.93. The van der Waals surface area contributed by atoms with Gasteiger partial charge in [0.25, 0.3) is 0 Å². The van der Waals surface area contributed by atoms with E-state index in [1.165, 1.54) is 0 Å². The van der Waals surface area contributed by atoms with E-state index >= 15 is 0 Å². The number of hydrogen-bond donors (Lipinski definition) is 1. The van der Waals surface area contributed by atoms with Crippen LogP contribution in [0.3, 0.4) is 0 Å². The molecule has 2 aromatic rings. The average Bonchev–Trinajstić information content (AvgIpc) is 2.53. The molecule has 4 heteroatoms. The van der Waals surface area contributed by atoms with Crippen LogP contribution in [-0.2, 0) is 0 Å². The predicted molar refractivity (Wildman–Crippen MR) is 54.0 cm³/mol. The SMILES string of the molecule is Clc1cc(Cl)cc(-c2ccn[nH]2)c1. The van der Waals surface area contributed by atoms with Gasteiger partial charge in [-0.15, -0.1) is 0 Å². The third kappa shape index (κ3) is 1.85. The van der Waals surface area contributed by atoms with Gasteiger partial charge in [0.15, 0.2) is 0 Å². The van der Waals surface area contributed by atoms with Gasteiger partial charge in [0.1, 0.15) is 0 Å². The molecule has 1 N–H and O–H groups in total. The van der Waals surface area contributed by atoms with Crippen LogP contribution < -0.4 is 0 Å². The molecule has 66 valence electrons. The first-order chi connectivity index (χ1) is 6.25. The largest absolute Gasteiger partial charge is 0.278 e. The van der Waals surface area contributed by atoms with Gasteiger partial charge < -0.3 is 0 Å². The van der Waals surface area contributed by atoms with Crippen LogP contribution in [0.2, 0.25) is 10.0 Å². The molecule has 2 nitrogen and oxygen atoms in total. The predicted octanol–water partition coefficient (Wildman–Crippen LogP) is 3.38. The lowest BCUT2D eigenvalue weighted by atomic mass is 10.2. The minimum atomic E-state index is 0.622. The lowest BCUT2D eigenvalue weighted by molar-refractivity contribution is 1.10. The number of rotatable bonds is 1. The van der Waals surface area contributed by atoms with Crippen LogP contribution in [0.25, 0.3) is 11.3 Å². The maximum absolute atomic E-state index is 5.85. The van der Waals surface area contributed by atoms with Gasteiger partial charge in [-0.25, -0.2) is 0 Å². The van der Waals surface area contributed by atoms with Gasteiger partial charge in [0.05, 0.1) is 5.69 Å². The summed E-state index contributed by atoms with van der Waals surface area (Å²) < 4.78 is 0. The number of halogens is 2. The molecule has 0 spiro atoms. The van der Waals surface area contributed by atoms with Gasteiger partial charge in [-0.1, -0.05) is 23.2 Å². The van der Waals surface area contributed by atoms with Crippen molar-refractivity contribution in [1.82, 2.24) is 10.2 Å². The van der Waals surface area contributed by atoms with Crippen LogP contribution in [0, 0.1) is 0 Å². The van der Waals surface area contributed by atoms with E-state index in [4.69, 9.17) is 23.2 Å². The first-order valence-electron chi connectivity index (χ1n) is 3.71. The molecule has 0 saturated heterocycles. The van der Waals surface area contributed by atoms with E-state index in [2.05, 4.69) is 10.2 Å². The van der Waals surface area contributed by atoms with Gasteiger partial charge in [0, 0.05) is 21.8 Å². The van der Waals surface area contributed by atoms with E-state index in [-0.39, 0.29) is 0 Å². The molecule has 0 unspecified atom stereocenters. The van der Waals surface area contributed by atoms with Crippen molar-refractivity contribution in [2.24, 2.45) is 0 Å². The zero-order valence-corrected chi connectivity index (χ0v) is 8.10. The van der Waals surface area contributed by atoms with Crippen molar-refractivity contribution < 1.29 is 0 Å². The van der Waals surface area contributed by atoms with Crippen molar-refractivity contribution in [3.63, 3.8) is 0 Å². The molecule has 2 rings (SSSR count). The number of H-pyrrole nitrogens is 1. The molecule has 0 bridgehead atoms. The Hall–Kier alpha value is -0.990. The van der Waals surface area contributed by atoms with Crippen molar-refractivity contribution in [3.05, 3.63) is 40.5 Å². The van der Waals surface area contributed by atoms with Crippen LogP contribution in [0.15, 0.2) is 30.5 Å². The van der Waals surface area contributed by atoms with Crippen molar-refractivity contribution >= 4 is 23.2 Å². The minimum absolute atomic E-state index is 0.622. The van der Waals surface area contributed by atoms with E-state index in [1.807, 2.05) is 18.2 Å². The van der Waals surface area contributed by atoms with Crippen LogP contribution in [0.5, 0.6) is 0 Å². The fourth-order valence-electron chi connectivity index (χ4n) is 1.13. The Morgan fingerprint density at radius 2 is 1.77 bits per heavy atom. The number of nitrogens with one attached hydrogen (secondary N) is 1. The monoisotopic (exact) mass is 212 g/mol. The van der Waals surface area contributed by atoms with Crippen LogP contribution >= 0.6 is 23.2 Å². The second-order valence-corrected chi connectivity index (χ2v) is 3.50.